The van der Waals surface area contributed by atoms with Crippen LogP contribution in [-0.4, -0.2) is 41.7 Å². The largest absolute Gasteiger partial charge is 0.392 e. The molecule has 2 aliphatic rings. The van der Waals surface area contributed by atoms with Crippen molar-refractivity contribution in [3.8, 4) is 11.1 Å². The molecule has 2 fully saturated rings. The summed E-state index contributed by atoms with van der Waals surface area (Å²) in [5.74, 6) is -0.0796. The Balaban J connectivity index is 1.15. The zero-order valence-corrected chi connectivity index (χ0v) is 24.5. The topological polar surface area (TPSA) is 71.0 Å². The third-order valence-corrected chi connectivity index (χ3v) is 8.46. The van der Waals surface area contributed by atoms with Crippen LogP contribution in [0.15, 0.2) is 103 Å². The number of piperidine rings is 1. The van der Waals surface area contributed by atoms with E-state index in [0.29, 0.717) is 12.1 Å². The fraction of sp³-hybridized carbons (Fsp3) is 0.324. The van der Waals surface area contributed by atoms with Crippen molar-refractivity contribution in [2.45, 2.75) is 57.3 Å². The first-order valence-electron chi connectivity index (χ1n) is 15.4. The number of nitrogens with zero attached hydrogens (tertiary/aromatic N) is 1. The van der Waals surface area contributed by atoms with Crippen molar-refractivity contribution in [1.29, 1.82) is 0 Å². The van der Waals surface area contributed by atoms with Crippen molar-refractivity contribution in [1.82, 2.24) is 10.2 Å². The maximum atomic E-state index is 12.5. The van der Waals surface area contributed by atoms with Gasteiger partial charge in [-0.15, -0.1) is 0 Å². The monoisotopic (exact) mass is 576 g/mol. The smallest absolute Gasteiger partial charge is 0.251 e. The fourth-order valence-corrected chi connectivity index (χ4v) is 6.03. The normalized spacial score (nSPS) is 20.9. The number of aliphatic hydroxyl groups is 1. The molecular weight excluding hydrogens is 536 g/mol. The highest BCUT2D eigenvalue weighted by Gasteiger charge is 2.33. The van der Waals surface area contributed by atoms with Gasteiger partial charge in [0.25, 0.3) is 5.91 Å². The molecule has 3 atom stereocenters. The van der Waals surface area contributed by atoms with Crippen LogP contribution in [0, 0.1) is 0 Å². The number of carbonyl (C=O) groups is 1. The van der Waals surface area contributed by atoms with Gasteiger partial charge >= 0.3 is 0 Å². The molecule has 6 rings (SSSR count). The van der Waals surface area contributed by atoms with Gasteiger partial charge in [0, 0.05) is 30.6 Å². The highest BCUT2D eigenvalue weighted by atomic mass is 16.7. The standard InChI is InChI=1S/C37H40N2O4/c40-26-27-12-14-30(15-13-27)35-23-34(25-39-20-5-2-6-21-39)42-37(43-35)32-18-16-29(17-19-32)33-11-7-8-28(22-33)24-38-36(41)31-9-3-1-4-10-31/h1,3-4,7-19,22,34-35,37,40H,2,5-6,20-21,23-26H2,(H,38,41)/t34-,35+,37+/m0/s1. The molecule has 0 unspecified atom stereocenters. The van der Waals surface area contributed by atoms with Gasteiger partial charge in [-0.05, 0) is 71.9 Å². The molecule has 0 saturated carbocycles. The molecule has 6 nitrogen and oxygen atoms in total. The van der Waals surface area contributed by atoms with Crippen LogP contribution in [0.5, 0.6) is 0 Å². The highest BCUT2D eigenvalue weighted by Crippen LogP contribution is 2.39. The quantitative estimate of drug-likeness (QED) is 0.229. The van der Waals surface area contributed by atoms with Crippen LogP contribution in [0.25, 0.3) is 11.1 Å². The summed E-state index contributed by atoms with van der Waals surface area (Å²) in [6.07, 6.45) is 4.15. The Hall–Kier alpha value is -3.81. The molecule has 2 saturated heterocycles. The number of carbonyl (C=O) groups excluding carboxylic acids is 1. The molecule has 2 N–H and O–H groups in total. The summed E-state index contributed by atoms with van der Waals surface area (Å²) in [5, 5.41) is 12.5. The Morgan fingerprint density at radius 2 is 1.51 bits per heavy atom. The molecule has 6 heteroatoms. The minimum atomic E-state index is -0.459. The van der Waals surface area contributed by atoms with Crippen molar-refractivity contribution in [2.75, 3.05) is 19.6 Å². The Morgan fingerprint density at radius 1 is 0.767 bits per heavy atom. The predicted octanol–water partition coefficient (Wildman–Crippen LogP) is 6.81. The van der Waals surface area contributed by atoms with Crippen LogP contribution >= 0.6 is 0 Å². The van der Waals surface area contributed by atoms with E-state index in [1.807, 2.05) is 54.6 Å². The van der Waals surface area contributed by atoms with E-state index in [0.717, 1.165) is 59.4 Å². The second-order valence-corrected chi connectivity index (χ2v) is 11.6. The minimum Gasteiger partial charge on any atom is -0.392 e. The van der Waals surface area contributed by atoms with Gasteiger partial charge in [0.1, 0.15) is 0 Å². The summed E-state index contributed by atoms with van der Waals surface area (Å²) in [6.45, 7) is 3.67. The maximum Gasteiger partial charge on any atom is 0.251 e. The van der Waals surface area contributed by atoms with E-state index in [-0.39, 0.29) is 24.7 Å². The average Bonchev–Trinajstić information content (AvgIpc) is 3.08. The number of hydrogen-bond donors (Lipinski definition) is 2. The van der Waals surface area contributed by atoms with Crippen molar-refractivity contribution in [2.24, 2.45) is 0 Å². The summed E-state index contributed by atoms with van der Waals surface area (Å²) in [5.41, 5.74) is 6.89. The van der Waals surface area contributed by atoms with Crippen LogP contribution in [0.4, 0.5) is 0 Å². The van der Waals surface area contributed by atoms with Crippen LogP contribution < -0.4 is 5.32 Å². The summed E-state index contributed by atoms with van der Waals surface area (Å²) in [6, 6.07) is 34.0. The summed E-state index contributed by atoms with van der Waals surface area (Å²) in [7, 11) is 0. The lowest BCUT2D eigenvalue weighted by Gasteiger charge is -2.39. The third-order valence-electron chi connectivity index (χ3n) is 8.46. The lowest BCUT2D eigenvalue weighted by molar-refractivity contribution is -0.253. The third kappa shape index (κ3) is 7.59. The zero-order valence-electron chi connectivity index (χ0n) is 24.5. The number of benzene rings is 4. The van der Waals surface area contributed by atoms with Crippen LogP contribution in [0.2, 0.25) is 0 Å². The molecule has 0 radical (unpaired) electrons. The Bertz CT molecular complexity index is 1470. The summed E-state index contributed by atoms with van der Waals surface area (Å²) < 4.78 is 13.1. The molecule has 222 valence electrons. The van der Waals surface area contributed by atoms with Gasteiger partial charge in [-0.25, -0.2) is 0 Å². The van der Waals surface area contributed by atoms with Crippen molar-refractivity contribution in [3.05, 3.63) is 131 Å². The van der Waals surface area contributed by atoms with Crippen molar-refractivity contribution >= 4 is 5.91 Å². The number of likely N-dealkylation sites (tertiary alicyclic amines) is 1. The van der Waals surface area contributed by atoms with Gasteiger partial charge in [0.05, 0.1) is 18.8 Å². The van der Waals surface area contributed by atoms with E-state index in [1.165, 1.54) is 19.3 Å². The van der Waals surface area contributed by atoms with Gasteiger partial charge in [0.2, 0.25) is 0 Å². The second-order valence-electron chi connectivity index (χ2n) is 11.6. The van der Waals surface area contributed by atoms with Gasteiger partial charge in [-0.1, -0.05) is 91.3 Å². The van der Waals surface area contributed by atoms with Crippen LogP contribution in [0.3, 0.4) is 0 Å². The number of amides is 1. The maximum absolute atomic E-state index is 12.5. The molecule has 4 aromatic rings. The Kier molecular flexibility index (Phi) is 9.60. The van der Waals surface area contributed by atoms with E-state index in [9.17, 15) is 9.90 Å². The molecule has 2 aliphatic heterocycles. The first-order valence-corrected chi connectivity index (χ1v) is 15.4. The first kappa shape index (κ1) is 29.3. The summed E-state index contributed by atoms with van der Waals surface area (Å²) in [4.78, 5) is 15.0. The van der Waals surface area contributed by atoms with Gasteiger partial charge in [-0.3, -0.25) is 4.79 Å². The van der Waals surface area contributed by atoms with Gasteiger partial charge in [-0.2, -0.15) is 0 Å². The number of ether oxygens (including phenoxy) is 2. The van der Waals surface area contributed by atoms with E-state index >= 15 is 0 Å². The molecule has 43 heavy (non-hydrogen) atoms. The minimum absolute atomic E-state index is 0.0344. The number of rotatable bonds is 9. The number of aliphatic hydroxyl groups excluding tert-OH is 1. The molecule has 0 aliphatic carbocycles. The van der Waals surface area contributed by atoms with Crippen LogP contribution in [0.1, 0.15) is 70.7 Å². The van der Waals surface area contributed by atoms with Crippen molar-refractivity contribution < 1.29 is 19.4 Å². The summed E-state index contributed by atoms with van der Waals surface area (Å²) >= 11 is 0. The van der Waals surface area contributed by atoms with Gasteiger partial charge in [0.15, 0.2) is 6.29 Å². The predicted molar refractivity (Wildman–Crippen MR) is 168 cm³/mol. The lowest BCUT2D eigenvalue weighted by Crippen LogP contribution is -2.41. The highest BCUT2D eigenvalue weighted by molar-refractivity contribution is 5.94. The van der Waals surface area contributed by atoms with E-state index in [2.05, 4.69) is 58.7 Å². The molecule has 0 spiro atoms. The van der Waals surface area contributed by atoms with E-state index in [4.69, 9.17) is 9.47 Å². The molecular formula is C37H40N2O4. The Morgan fingerprint density at radius 3 is 2.26 bits per heavy atom. The van der Waals surface area contributed by atoms with Crippen molar-refractivity contribution in [3.63, 3.8) is 0 Å². The first-order chi connectivity index (χ1) is 21.1. The fourth-order valence-electron chi connectivity index (χ4n) is 6.03. The average molecular weight is 577 g/mol. The van der Waals surface area contributed by atoms with Gasteiger partial charge < -0.3 is 24.8 Å². The number of hydrogen-bond acceptors (Lipinski definition) is 5. The number of nitrogens with one attached hydrogen (secondary N) is 1. The molecule has 1 amide bonds. The molecule has 2 heterocycles. The van der Waals surface area contributed by atoms with E-state index in [1.54, 1.807) is 0 Å². The lowest BCUT2D eigenvalue weighted by atomic mass is 9.98. The molecule has 0 bridgehead atoms. The molecule has 4 aromatic carbocycles. The zero-order chi connectivity index (χ0) is 29.4. The SMILES string of the molecule is O=C(NCc1cccc(-c2ccc([C@@H]3O[C@H](CN4CCCCC4)C[C@H](c4ccc(CO)cc4)O3)cc2)c1)c1ccccc1. The van der Waals surface area contributed by atoms with E-state index < -0.39 is 6.29 Å². The molecule has 0 aromatic heterocycles. The van der Waals surface area contributed by atoms with Crippen LogP contribution in [-0.2, 0) is 22.6 Å². The Labute approximate surface area is 254 Å². The second kappa shape index (κ2) is 14.1.